The van der Waals surface area contributed by atoms with Gasteiger partial charge in [-0.2, -0.15) is 10.2 Å². The maximum absolute atomic E-state index is 11.9. The zero-order chi connectivity index (χ0) is 13.5. The number of amides is 1. The summed E-state index contributed by atoms with van der Waals surface area (Å²) in [5.41, 5.74) is 7.24. The van der Waals surface area contributed by atoms with Crippen molar-refractivity contribution in [2.24, 2.45) is 5.73 Å². The number of carbonyl (C=O) groups is 1. The SMILES string of the molecule is NCC#Cc1cccc(NC(=O)c2ccnnc2)c1. The molecule has 1 aromatic carbocycles. The first kappa shape index (κ1) is 12.7. The molecule has 2 rings (SSSR count). The zero-order valence-corrected chi connectivity index (χ0v) is 10.1. The average molecular weight is 252 g/mol. The van der Waals surface area contributed by atoms with Crippen LogP contribution in [0, 0.1) is 11.8 Å². The van der Waals surface area contributed by atoms with Crippen molar-refractivity contribution < 1.29 is 4.79 Å². The van der Waals surface area contributed by atoms with Gasteiger partial charge in [-0.05, 0) is 24.3 Å². The highest BCUT2D eigenvalue weighted by Gasteiger charge is 2.05. The second-order valence-corrected chi connectivity index (χ2v) is 3.67. The molecule has 19 heavy (non-hydrogen) atoms. The van der Waals surface area contributed by atoms with Crippen molar-refractivity contribution in [1.29, 1.82) is 0 Å². The maximum atomic E-state index is 11.9. The number of benzene rings is 1. The van der Waals surface area contributed by atoms with Crippen LogP contribution < -0.4 is 11.1 Å². The van der Waals surface area contributed by atoms with E-state index in [-0.39, 0.29) is 5.91 Å². The van der Waals surface area contributed by atoms with E-state index in [0.717, 1.165) is 5.56 Å². The van der Waals surface area contributed by atoms with Gasteiger partial charge in [0.25, 0.3) is 5.91 Å². The Bertz CT molecular complexity index is 629. The summed E-state index contributed by atoms with van der Waals surface area (Å²) in [5.74, 6) is 5.44. The van der Waals surface area contributed by atoms with Crippen LogP contribution in [0.25, 0.3) is 0 Å². The fourth-order valence-corrected chi connectivity index (χ4v) is 1.46. The number of nitrogens with zero attached hydrogens (tertiary/aromatic N) is 2. The standard InChI is InChI=1S/C14H12N4O/c15-7-2-4-11-3-1-5-13(9-11)18-14(19)12-6-8-16-17-10-12/h1,3,5-6,8-10H,7,15H2,(H,18,19). The van der Waals surface area contributed by atoms with Crippen molar-refractivity contribution in [1.82, 2.24) is 10.2 Å². The summed E-state index contributed by atoms with van der Waals surface area (Å²) in [6.07, 6.45) is 2.88. The Kier molecular flexibility index (Phi) is 4.21. The van der Waals surface area contributed by atoms with Gasteiger partial charge in [0.05, 0.1) is 24.5 Å². The number of hydrogen-bond acceptors (Lipinski definition) is 4. The summed E-state index contributed by atoms with van der Waals surface area (Å²) in [6.45, 7) is 0.305. The van der Waals surface area contributed by atoms with Gasteiger partial charge in [0, 0.05) is 11.3 Å². The predicted molar refractivity (Wildman–Crippen MR) is 72.4 cm³/mol. The van der Waals surface area contributed by atoms with Gasteiger partial charge in [-0.1, -0.05) is 17.9 Å². The van der Waals surface area contributed by atoms with Crippen molar-refractivity contribution in [3.8, 4) is 11.8 Å². The van der Waals surface area contributed by atoms with Gasteiger partial charge in [-0.25, -0.2) is 0 Å². The minimum absolute atomic E-state index is 0.237. The van der Waals surface area contributed by atoms with E-state index in [1.54, 1.807) is 18.2 Å². The molecule has 0 fully saturated rings. The van der Waals surface area contributed by atoms with Crippen LogP contribution in [0.5, 0.6) is 0 Å². The monoisotopic (exact) mass is 252 g/mol. The number of hydrogen-bond donors (Lipinski definition) is 2. The molecule has 0 atom stereocenters. The molecule has 0 bridgehead atoms. The smallest absolute Gasteiger partial charge is 0.257 e. The number of nitrogens with two attached hydrogens (primary N) is 1. The van der Waals surface area contributed by atoms with E-state index in [1.807, 2.05) is 12.1 Å². The van der Waals surface area contributed by atoms with Crippen LogP contribution >= 0.6 is 0 Å². The summed E-state index contributed by atoms with van der Waals surface area (Å²) < 4.78 is 0. The molecule has 0 unspecified atom stereocenters. The first-order chi connectivity index (χ1) is 9.29. The Hall–Kier alpha value is -2.71. The van der Waals surface area contributed by atoms with Crippen molar-refractivity contribution in [3.63, 3.8) is 0 Å². The summed E-state index contributed by atoms with van der Waals surface area (Å²) >= 11 is 0. The van der Waals surface area contributed by atoms with Gasteiger partial charge in [-0.3, -0.25) is 4.79 Å². The van der Waals surface area contributed by atoms with Crippen LogP contribution in [-0.2, 0) is 0 Å². The molecule has 94 valence electrons. The van der Waals surface area contributed by atoms with Crippen LogP contribution in [0.1, 0.15) is 15.9 Å². The maximum Gasteiger partial charge on any atom is 0.257 e. The molecule has 0 saturated carbocycles. The van der Waals surface area contributed by atoms with Gasteiger partial charge in [-0.15, -0.1) is 0 Å². The molecule has 0 aliphatic carbocycles. The van der Waals surface area contributed by atoms with E-state index >= 15 is 0 Å². The van der Waals surface area contributed by atoms with Crippen LogP contribution in [0.3, 0.4) is 0 Å². The highest BCUT2D eigenvalue weighted by Crippen LogP contribution is 2.11. The zero-order valence-electron chi connectivity index (χ0n) is 10.1. The van der Waals surface area contributed by atoms with E-state index in [2.05, 4.69) is 27.4 Å². The van der Waals surface area contributed by atoms with Crippen LogP contribution in [0.15, 0.2) is 42.7 Å². The fraction of sp³-hybridized carbons (Fsp3) is 0.0714. The van der Waals surface area contributed by atoms with E-state index in [1.165, 1.54) is 12.4 Å². The Morgan fingerprint density at radius 2 is 2.21 bits per heavy atom. The van der Waals surface area contributed by atoms with E-state index < -0.39 is 0 Å². The van der Waals surface area contributed by atoms with E-state index in [0.29, 0.717) is 17.8 Å². The number of aromatic nitrogens is 2. The largest absolute Gasteiger partial charge is 0.322 e. The summed E-state index contributed by atoms with van der Waals surface area (Å²) in [5, 5.41) is 10.1. The Morgan fingerprint density at radius 3 is 2.95 bits per heavy atom. The lowest BCUT2D eigenvalue weighted by Crippen LogP contribution is -2.12. The highest BCUT2D eigenvalue weighted by atomic mass is 16.1. The molecule has 1 heterocycles. The fourth-order valence-electron chi connectivity index (χ4n) is 1.46. The molecule has 0 radical (unpaired) electrons. The molecule has 1 aromatic heterocycles. The summed E-state index contributed by atoms with van der Waals surface area (Å²) in [6, 6.07) is 8.85. The second kappa shape index (κ2) is 6.28. The first-order valence-electron chi connectivity index (χ1n) is 5.66. The number of anilines is 1. The predicted octanol–water partition coefficient (Wildman–Crippen LogP) is 1.04. The molecule has 5 heteroatoms. The third kappa shape index (κ3) is 3.63. The lowest BCUT2D eigenvalue weighted by Gasteiger charge is -2.04. The first-order valence-corrected chi connectivity index (χ1v) is 5.66. The minimum Gasteiger partial charge on any atom is -0.322 e. The van der Waals surface area contributed by atoms with Gasteiger partial charge < -0.3 is 11.1 Å². The number of carbonyl (C=O) groups excluding carboxylic acids is 1. The van der Waals surface area contributed by atoms with Crippen molar-refractivity contribution in [2.75, 3.05) is 11.9 Å². The summed E-state index contributed by atoms with van der Waals surface area (Å²) in [7, 11) is 0. The lowest BCUT2D eigenvalue weighted by molar-refractivity contribution is 0.102. The van der Waals surface area contributed by atoms with Crippen molar-refractivity contribution >= 4 is 11.6 Å². The molecule has 2 aromatic rings. The molecule has 0 aliphatic heterocycles. The molecular formula is C14H12N4O. The minimum atomic E-state index is -0.237. The second-order valence-electron chi connectivity index (χ2n) is 3.67. The lowest BCUT2D eigenvalue weighted by atomic mass is 10.2. The number of nitrogens with one attached hydrogen (secondary N) is 1. The Morgan fingerprint density at radius 1 is 1.32 bits per heavy atom. The third-order valence-electron chi connectivity index (χ3n) is 2.30. The summed E-state index contributed by atoms with van der Waals surface area (Å²) in [4.78, 5) is 11.9. The van der Waals surface area contributed by atoms with Crippen LogP contribution in [-0.4, -0.2) is 22.6 Å². The molecular weight excluding hydrogens is 240 g/mol. The Labute approximate surface area is 110 Å². The van der Waals surface area contributed by atoms with E-state index in [4.69, 9.17) is 5.73 Å². The number of rotatable bonds is 2. The molecule has 0 aliphatic rings. The molecule has 3 N–H and O–H groups in total. The van der Waals surface area contributed by atoms with Crippen LogP contribution in [0.2, 0.25) is 0 Å². The normalized spacial score (nSPS) is 9.32. The van der Waals surface area contributed by atoms with Gasteiger partial charge in [0.2, 0.25) is 0 Å². The van der Waals surface area contributed by atoms with Crippen molar-refractivity contribution in [3.05, 3.63) is 53.9 Å². The quantitative estimate of drug-likeness (QED) is 0.782. The van der Waals surface area contributed by atoms with Gasteiger partial charge >= 0.3 is 0 Å². The van der Waals surface area contributed by atoms with Gasteiger partial charge in [0.1, 0.15) is 0 Å². The third-order valence-corrected chi connectivity index (χ3v) is 2.30. The molecule has 1 amide bonds. The van der Waals surface area contributed by atoms with E-state index in [9.17, 15) is 4.79 Å². The molecule has 0 saturated heterocycles. The van der Waals surface area contributed by atoms with Gasteiger partial charge in [0.15, 0.2) is 0 Å². The van der Waals surface area contributed by atoms with Crippen molar-refractivity contribution in [2.45, 2.75) is 0 Å². The average Bonchev–Trinajstić information content (AvgIpc) is 2.46. The topological polar surface area (TPSA) is 80.9 Å². The van der Waals surface area contributed by atoms with Crippen LogP contribution in [0.4, 0.5) is 5.69 Å². The Balaban J connectivity index is 2.13. The molecule has 0 spiro atoms. The highest BCUT2D eigenvalue weighted by molar-refractivity contribution is 6.04. The molecule has 5 nitrogen and oxygen atoms in total.